The zero-order chi connectivity index (χ0) is 27.7. The number of sulfone groups is 1. The van der Waals surface area contributed by atoms with E-state index in [1.54, 1.807) is 6.07 Å². The van der Waals surface area contributed by atoms with E-state index >= 15 is 0 Å². The smallest absolute Gasteiger partial charge is 0.416 e. The van der Waals surface area contributed by atoms with Crippen LogP contribution >= 0.6 is 0 Å². The van der Waals surface area contributed by atoms with Gasteiger partial charge in [-0.2, -0.15) is 13.2 Å². The lowest BCUT2D eigenvalue weighted by Crippen LogP contribution is -2.34. The van der Waals surface area contributed by atoms with E-state index in [1.165, 1.54) is 55.6 Å². The van der Waals surface area contributed by atoms with Crippen LogP contribution in [0.2, 0.25) is 0 Å². The lowest BCUT2D eigenvalue weighted by Gasteiger charge is -2.15. The molecule has 38 heavy (non-hydrogen) atoms. The first-order valence-electron chi connectivity index (χ1n) is 11.1. The summed E-state index contributed by atoms with van der Waals surface area (Å²) >= 11 is 0. The second kappa shape index (κ2) is 10.2. The number of benzene rings is 3. The average molecular weight is 548 g/mol. The van der Waals surface area contributed by atoms with Crippen LogP contribution in [0.25, 0.3) is 22.0 Å². The number of halogens is 3. The fourth-order valence-corrected chi connectivity index (χ4v) is 5.36. The summed E-state index contributed by atoms with van der Waals surface area (Å²) in [5, 5.41) is 15.7. The first kappa shape index (κ1) is 26.8. The largest absolute Gasteiger partial charge is 0.497 e. The number of aromatic nitrogens is 3. The minimum Gasteiger partial charge on any atom is -0.497 e. The van der Waals surface area contributed by atoms with Gasteiger partial charge >= 0.3 is 12.1 Å². The molecule has 0 aliphatic rings. The topological polar surface area (TPSA) is 128 Å². The third kappa shape index (κ3) is 5.37. The predicted octanol–water partition coefficient (Wildman–Crippen LogP) is 3.80. The van der Waals surface area contributed by atoms with Crippen molar-refractivity contribution in [2.24, 2.45) is 0 Å². The Morgan fingerprint density at radius 3 is 2.18 bits per heavy atom. The summed E-state index contributed by atoms with van der Waals surface area (Å²) in [4.78, 5) is 24.4. The van der Waals surface area contributed by atoms with Crippen LogP contribution in [-0.4, -0.2) is 46.8 Å². The Morgan fingerprint density at radius 2 is 1.63 bits per heavy atom. The van der Waals surface area contributed by atoms with Crippen molar-refractivity contribution in [2.75, 3.05) is 7.11 Å². The highest BCUT2D eigenvalue weighted by molar-refractivity contribution is 7.92. The third-order valence-corrected chi connectivity index (χ3v) is 8.03. The van der Waals surface area contributed by atoms with Crippen molar-refractivity contribution in [3.8, 4) is 16.9 Å². The van der Waals surface area contributed by atoms with Gasteiger partial charge in [0, 0.05) is 12.6 Å². The van der Waals surface area contributed by atoms with Gasteiger partial charge in [-0.25, -0.2) is 13.1 Å². The normalized spacial score (nSPS) is 12.8. The maximum Gasteiger partial charge on any atom is 0.416 e. The number of carboxylic acids is 1. The maximum atomic E-state index is 13.1. The predicted molar refractivity (Wildman–Crippen MR) is 130 cm³/mol. The number of nitrogens with zero attached hydrogens (tertiary/aromatic N) is 3. The van der Waals surface area contributed by atoms with Gasteiger partial charge in [-0.1, -0.05) is 29.5 Å². The Hall–Kier alpha value is -4.26. The second-order valence-corrected chi connectivity index (χ2v) is 10.4. The first-order chi connectivity index (χ1) is 17.9. The van der Waals surface area contributed by atoms with Gasteiger partial charge in [0.1, 0.15) is 11.3 Å². The van der Waals surface area contributed by atoms with Crippen LogP contribution in [0.3, 0.4) is 0 Å². The molecule has 0 aliphatic carbocycles. The van der Waals surface area contributed by atoms with E-state index < -0.39 is 44.8 Å². The van der Waals surface area contributed by atoms with Gasteiger partial charge in [-0.15, -0.1) is 5.10 Å². The third-order valence-electron chi connectivity index (χ3n) is 5.91. The summed E-state index contributed by atoms with van der Waals surface area (Å²) in [5.74, 6) is -1.14. The first-order valence-corrected chi connectivity index (χ1v) is 12.6. The number of fused-ring (bicyclic) bond motifs is 1. The van der Waals surface area contributed by atoms with Gasteiger partial charge in [0.05, 0.1) is 23.0 Å². The molecule has 0 fully saturated rings. The molecule has 9 nitrogen and oxygen atoms in total. The van der Waals surface area contributed by atoms with Gasteiger partial charge in [0.15, 0.2) is 15.1 Å². The van der Waals surface area contributed by atoms with Crippen molar-refractivity contribution in [3.05, 3.63) is 82.6 Å². The van der Waals surface area contributed by atoms with Crippen molar-refractivity contribution in [1.29, 1.82) is 0 Å². The summed E-state index contributed by atoms with van der Waals surface area (Å²) in [5.41, 5.74) is -0.260. The Bertz CT molecular complexity index is 1650. The Kier molecular flexibility index (Phi) is 7.22. The van der Waals surface area contributed by atoms with Crippen molar-refractivity contribution in [2.45, 2.75) is 29.3 Å². The van der Waals surface area contributed by atoms with Gasteiger partial charge in [-0.3, -0.25) is 9.59 Å². The number of methoxy groups -OCH3 is 1. The molecular formula is C25H20F3N3O6S. The number of aliphatic carboxylic acids is 1. The standard InChI is InChI=1S/C25H20F3N3O6S/c1-37-18-8-11-20-21(14-18)29-30-31(23(20)32)13-12-22(24(33)34)38(35,36)19-9-4-16(5-10-19)15-2-6-17(7-3-15)25(26,27)28/h2-11,14,22H,12-13H2,1H3,(H,33,34). The molecule has 198 valence electrons. The van der Waals surface area contributed by atoms with E-state index in [4.69, 9.17) is 4.74 Å². The Morgan fingerprint density at radius 1 is 1.03 bits per heavy atom. The summed E-state index contributed by atoms with van der Waals surface area (Å²) in [6.45, 7) is -0.326. The minimum absolute atomic E-state index is 0.203. The van der Waals surface area contributed by atoms with E-state index in [2.05, 4.69) is 10.3 Å². The molecule has 1 unspecified atom stereocenters. The minimum atomic E-state index is -4.49. The SMILES string of the molecule is COc1ccc2c(=O)n(CCC(C(=O)O)S(=O)(=O)c3ccc(-c4ccc(C(F)(F)F)cc4)cc3)nnc2c1. The van der Waals surface area contributed by atoms with Crippen LogP contribution in [0.15, 0.2) is 76.4 Å². The van der Waals surface area contributed by atoms with Gasteiger partial charge in [0.25, 0.3) is 5.56 Å². The van der Waals surface area contributed by atoms with Crippen molar-refractivity contribution in [3.63, 3.8) is 0 Å². The van der Waals surface area contributed by atoms with Crippen LogP contribution in [0.5, 0.6) is 5.75 Å². The van der Waals surface area contributed by atoms with Crippen molar-refractivity contribution >= 4 is 26.7 Å². The number of rotatable bonds is 8. The molecule has 4 rings (SSSR count). The summed E-state index contributed by atoms with van der Waals surface area (Å²) in [6.07, 6.45) is -4.95. The molecule has 0 bridgehead atoms. The molecule has 1 N–H and O–H groups in total. The lowest BCUT2D eigenvalue weighted by molar-refractivity contribution is -0.138. The Labute approximate surface area is 214 Å². The van der Waals surface area contributed by atoms with Crippen molar-refractivity contribution in [1.82, 2.24) is 15.0 Å². The van der Waals surface area contributed by atoms with E-state index in [0.29, 0.717) is 16.9 Å². The van der Waals surface area contributed by atoms with Gasteiger partial charge < -0.3 is 9.84 Å². The van der Waals surface area contributed by atoms with E-state index in [-0.39, 0.29) is 22.3 Å². The molecule has 0 aliphatic heterocycles. The summed E-state index contributed by atoms with van der Waals surface area (Å²) in [6, 6.07) is 14.0. The van der Waals surface area contributed by atoms with Crippen LogP contribution < -0.4 is 10.3 Å². The molecule has 1 aromatic heterocycles. The van der Waals surface area contributed by atoms with Crippen LogP contribution in [0, 0.1) is 0 Å². The molecule has 1 heterocycles. The van der Waals surface area contributed by atoms with E-state index in [9.17, 15) is 36.3 Å². The average Bonchev–Trinajstić information content (AvgIpc) is 2.89. The van der Waals surface area contributed by atoms with Crippen molar-refractivity contribution < 1.29 is 36.2 Å². The highest BCUT2D eigenvalue weighted by Gasteiger charge is 2.34. The lowest BCUT2D eigenvalue weighted by atomic mass is 10.0. The summed E-state index contributed by atoms with van der Waals surface area (Å²) < 4.78 is 70.6. The highest BCUT2D eigenvalue weighted by atomic mass is 32.2. The van der Waals surface area contributed by atoms with Crippen LogP contribution in [-0.2, 0) is 27.4 Å². The number of hydrogen-bond donors (Lipinski definition) is 1. The zero-order valence-electron chi connectivity index (χ0n) is 19.7. The molecule has 0 amide bonds. The molecule has 4 aromatic rings. The molecular weight excluding hydrogens is 527 g/mol. The van der Waals surface area contributed by atoms with Crippen LogP contribution in [0.1, 0.15) is 12.0 Å². The van der Waals surface area contributed by atoms with E-state index in [1.807, 2.05) is 0 Å². The van der Waals surface area contributed by atoms with E-state index in [0.717, 1.165) is 16.8 Å². The monoisotopic (exact) mass is 547 g/mol. The quantitative estimate of drug-likeness (QED) is 0.353. The maximum absolute atomic E-state index is 13.1. The van der Waals surface area contributed by atoms with Gasteiger partial charge in [0.2, 0.25) is 0 Å². The second-order valence-electron chi connectivity index (χ2n) is 8.26. The molecule has 0 spiro atoms. The number of ether oxygens (including phenoxy) is 1. The molecule has 13 heteroatoms. The number of carbonyl (C=O) groups is 1. The molecule has 1 atom stereocenters. The summed E-state index contributed by atoms with van der Waals surface area (Å²) in [7, 11) is -2.94. The van der Waals surface area contributed by atoms with Crippen LogP contribution in [0.4, 0.5) is 13.2 Å². The number of carboxylic acid groups (broad SMARTS) is 1. The molecule has 3 aromatic carbocycles. The molecule has 0 saturated heterocycles. The fraction of sp³-hybridized carbons (Fsp3) is 0.200. The Balaban J connectivity index is 1.55. The zero-order valence-corrected chi connectivity index (χ0v) is 20.5. The highest BCUT2D eigenvalue weighted by Crippen LogP contribution is 2.31. The number of alkyl halides is 3. The fourth-order valence-electron chi connectivity index (χ4n) is 3.83. The van der Waals surface area contributed by atoms with Gasteiger partial charge in [-0.05, 0) is 53.9 Å². The molecule has 0 saturated carbocycles. The number of hydrogen-bond acceptors (Lipinski definition) is 7. The molecule has 0 radical (unpaired) electrons. The number of aryl methyl sites for hydroxylation is 1.